The van der Waals surface area contributed by atoms with E-state index in [-0.39, 0.29) is 16.3 Å². The van der Waals surface area contributed by atoms with Crippen molar-refractivity contribution >= 4 is 23.6 Å². The maximum atomic E-state index is 12.0. The minimum absolute atomic E-state index is 0.177. The van der Waals surface area contributed by atoms with Crippen molar-refractivity contribution < 1.29 is 14.5 Å². The molecule has 5 heteroatoms. The van der Waals surface area contributed by atoms with Crippen molar-refractivity contribution in [2.45, 2.75) is 26.2 Å². The first kappa shape index (κ1) is 12.9. The number of benzene rings is 1. The van der Waals surface area contributed by atoms with Gasteiger partial charge >= 0.3 is 7.12 Å². The Balaban J connectivity index is 2.70. The van der Waals surface area contributed by atoms with Crippen LogP contribution >= 0.6 is 0 Å². The summed E-state index contributed by atoms with van der Waals surface area (Å²) in [4.78, 5) is 12.0. The van der Waals surface area contributed by atoms with Gasteiger partial charge in [-0.15, -0.1) is 0 Å². The van der Waals surface area contributed by atoms with Crippen LogP contribution in [0.4, 0.5) is 0 Å². The predicted octanol–water partition coefficient (Wildman–Crippen LogP) is 0.770. The molecular formula is C13H15BO4. The van der Waals surface area contributed by atoms with Gasteiger partial charge in [-0.1, -0.05) is 26.8 Å². The van der Waals surface area contributed by atoms with Gasteiger partial charge in [0.25, 0.3) is 0 Å². The highest BCUT2D eigenvalue weighted by atomic mass is 16.4. The van der Waals surface area contributed by atoms with Crippen LogP contribution in [0, 0.1) is 0 Å². The molecule has 0 unspecified atom stereocenters. The third kappa shape index (κ3) is 2.32. The highest BCUT2D eigenvalue weighted by molar-refractivity contribution is 6.58. The van der Waals surface area contributed by atoms with Crippen molar-refractivity contribution in [3.05, 3.63) is 40.2 Å². The monoisotopic (exact) mass is 246 g/mol. The second-order valence-corrected chi connectivity index (χ2v) is 5.35. The summed E-state index contributed by atoms with van der Waals surface area (Å²) in [5.74, 6) is 0.609. The Morgan fingerprint density at radius 2 is 1.83 bits per heavy atom. The van der Waals surface area contributed by atoms with Crippen LogP contribution in [-0.4, -0.2) is 17.2 Å². The van der Waals surface area contributed by atoms with E-state index in [1.54, 1.807) is 6.07 Å². The van der Waals surface area contributed by atoms with Gasteiger partial charge in [0.05, 0.1) is 5.39 Å². The molecule has 1 heterocycles. The predicted molar refractivity (Wildman–Crippen MR) is 71.0 cm³/mol. The summed E-state index contributed by atoms with van der Waals surface area (Å²) in [5, 5.41) is 18.5. The number of hydrogen-bond donors (Lipinski definition) is 2. The Morgan fingerprint density at radius 1 is 1.17 bits per heavy atom. The summed E-state index contributed by atoms with van der Waals surface area (Å²) in [5.41, 5.74) is 0.307. The first-order valence-corrected chi connectivity index (χ1v) is 5.73. The minimum atomic E-state index is -1.59. The van der Waals surface area contributed by atoms with E-state index in [1.807, 2.05) is 20.8 Å². The summed E-state index contributed by atoms with van der Waals surface area (Å²) < 4.78 is 5.68. The molecule has 0 aliphatic carbocycles. The summed E-state index contributed by atoms with van der Waals surface area (Å²) in [6, 6.07) is 6.01. The fourth-order valence-electron chi connectivity index (χ4n) is 1.70. The molecule has 94 valence electrons. The lowest BCUT2D eigenvalue weighted by Gasteiger charge is -2.17. The number of hydrogen-bond acceptors (Lipinski definition) is 4. The summed E-state index contributed by atoms with van der Waals surface area (Å²) in [6.07, 6.45) is 0. The fraction of sp³-hybridized carbons (Fsp3) is 0.308. The third-order valence-electron chi connectivity index (χ3n) is 2.79. The molecule has 0 radical (unpaired) electrons. The molecule has 0 fully saturated rings. The van der Waals surface area contributed by atoms with E-state index in [2.05, 4.69) is 0 Å². The third-order valence-corrected chi connectivity index (χ3v) is 2.79. The van der Waals surface area contributed by atoms with Crippen molar-refractivity contribution in [3.63, 3.8) is 0 Å². The van der Waals surface area contributed by atoms with Crippen LogP contribution in [0.1, 0.15) is 26.5 Å². The zero-order valence-electron chi connectivity index (χ0n) is 10.6. The van der Waals surface area contributed by atoms with Crippen LogP contribution in [0.25, 0.3) is 11.0 Å². The fourth-order valence-corrected chi connectivity index (χ4v) is 1.70. The van der Waals surface area contributed by atoms with Gasteiger partial charge in [-0.25, -0.2) is 0 Å². The second kappa shape index (κ2) is 4.26. The van der Waals surface area contributed by atoms with E-state index in [0.717, 1.165) is 0 Å². The maximum absolute atomic E-state index is 12.0. The lowest BCUT2D eigenvalue weighted by atomic mass is 9.80. The van der Waals surface area contributed by atoms with Crippen LogP contribution in [0.15, 0.2) is 33.5 Å². The first-order valence-electron chi connectivity index (χ1n) is 5.73. The molecule has 0 aliphatic rings. The van der Waals surface area contributed by atoms with Crippen LogP contribution in [0.5, 0.6) is 0 Å². The molecule has 0 spiro atoms. The van der Waals surface area contributed by atoms with Gasteiger partial charge in [0.2, 0.25) is 0 Å². The minimum Gasteiger partial charge on any atom is -0.460 e. The largest absolute Gasteiger partial charge is 0.488 e. The number of rotatable bonds is 1. The van der Waals surface area contributed by atoms with Gasteiger partial charge in [0, 0.05) is 11.5 Å². The average molecular weight is 246 g/mol. The van der Waals surface area contributed by atoms with E-state index in [1.165, 1.54) is 18.2 Å². The van der Waals surface area contributed by atoms with Gasteiger partial charge < -0.3 is 14.5 Å². The van der Waals surface area contributed by atoms with Crippen molar-refractivity contribution in [2.24, 2.45) is 0 Å². The normalized spacial score (nSPS) is 11.8. The average Bonchev–Trinajstić information content (AvgIpc) is 2.27. The van der Waals surface area contributed by atoms with E-state index < -0.39 is 7.12 Å². The lowest BCUT2D eigenvalue weighted by Crippen LogP contribution is -2.30. The van der Waals surface area contributed by atoms with E-state index in [0.29, 0.717) is 16.7 Å². The van der Waals surface area contributed by atoms with Crippen molar-refractivity contribution in [1.29, 1.82) is 0 Å². The SMILES string of the molecule is CC(C)(C)c1cc(=O)c2cc(B(O)O)ccc2o1. The maximum Gasteiger partial charge on any atom is 0.488 e. The summed E-state index contributed by atoms with van der Waals surface area (Å²) in [7, 11) is -1.59. The van der Waals surface area contributed by atoms with Crippen molar-refractivity contribution in [3.8, 4) is 0 Å². The molecule has 0 atom stereocenters. The number of fused-ring (bicyclic) bond motifs is 1. The summed E-state index contributed by atoms with van der Waals surface area (Å²) >= 11 is 0. The Kier molecular flexibility index (Phi) is 3.05. The molecule has 0 bridgehead atoms. The highest BCUT2D eigenvalue weighted by Crippen LogP contribution is 2.23. The second-order valence-electron chi connectivity index (χ2n) is 5.35. The topological polar surface area (TPSA) is 70.7 Å². The van der Waals surface area contributed by atoms with Gasteiger partial charge in [0.15, 0.2) is 5.43 Å². The Bertz CT molecular complexity index is 637. The van der Waals surface area contributed by atoms with Crippen molar-refractivity contribution in [2.75, 3.05) is 0 Å². The van der Waals surface area contributed by atoms with Gasteiger partial charge in [-0.05, 0) is 17.6 Å². The quantitative estimate of drug-likeness (QED) is 0.729. The molecular weight excluding hydrogens is 231 g/mol. The van der Waals surface area contributed by atoms with Crippen molar-refractivity contribution in [1.82, 2.24) is 0 Å². The Morgan fingerprint density at radius 3 is 2.39 bits per heavy atom. The summed E-state index contributed by atoms with van der Waals surface area (Å²) in [6.45, 7) is 5.88. The molecule has 2 rings (SSSR count). The molecule has 2 N–H and O–H groups in total. The molecule has 0 saturated carbocycles. The zero-order chi connectivity index (χ0) is 13.5. The van der Waals surface area contributed by atoms with Crippen LogP contribution in [0.2, 0.25) is 0 Å². The molecule has 1 aromatic carbocycles. The smallest absolute Gasteiger partial charge is 0.460 e. The molecule has 2 aromatic rings. The molecule has 1 aromatic heterocycles. The molecule has 0 aliphatic heterocycles. The molecule has 18 heavy (non-hydrogen) atoms. The van der Waals surface area contributed by atoms with Gasteiger partial charge in [0.1, 0.15) is 11.3 Å². The van der Waals surface area contributed by atoms with Crippen LogP contribution < -0.4 is 10.9 Å². The van der Waals surface area contributed by atoms with E-state index >= 15 is 0 Å². The van der Waals surface area contributed by atoms with Gasteiger partial charge in [-0.2, -0.15) is 0 Å². The van der Waals surface area contributed by atoms with E-state index in [9.17, 15) is 4.79 Å². The Hall–Kier alpha value is -1.59. The van der Waals surface area contributed by atoms with Crippen LogP contribution in [0.3, 0.4) is 0 Å². The van der Waals surface area contributed by atoms with Gasteiger partial charge in [-0.3, -0.25) is 4.79 Å². The molecule has 0 saturated heterocycles. The standard InChI is InChI=1S/C13H15BO4/c1-13(2,3)12-7-10(15)9-6-8(14(16)17)4-5-11(9)18-12/h4-7,16-17H,1-3H3. The van der Waals surface area contributed by atoms with Crippen LogP contribution in [-0.2, 0) is 5.41 Å². The highest BCUT2D eigenvalue weighted by Gasteiger charge is 2.19. The zero-order valence-corrected chi connectivity index (χ0v) is 10.6. The Labute approximate surface area is 105 Å². The first-order chi connectivity index (χ1) is 8.29. The molecule has 0 amide bonds. The molecule has 4 nitrogen and oxygen atoms in total. The van der Waals surface area contributed by atoms with E-state index in [4.69, 9.17) is 14.5 Å². The lowest BCUT2D eigenvalue weighted by molar-refractivity contribution is 0.420.